The summed E-state index contributed by atoms with van der Waals surface area (Å²) in [5.41, 5.74) is 1.22. The van der Waals surface area contributed by atoms with E-state index < -0.39 is 0 Å². The molecule has 1 aliphatic heterocycles. The van der Waals surface area contributed by atoms with E-state index in [-0.39, 0.29) is 17.7 Å². The van der Waals surface area contributed by atoms with Crippen LogP contribution in [0, 0.1) is 5.92 Å². The highest BCUT2D eigenvalue weighted by molar-refractivity contribution is 6.30. The first-order chi connectivity index (χ1) is 10.6. The third kappa shape index (κ3) is 3.80. The number of nitrogens with one attached hydrogen (secondary N) is 1. The fraction of sp³-hybridized carbons (Fsp3) is 0.529. The molecule has 1 unspecified atom stereocenters. The summed E-state index contributed by atoms with van der Waals surface area (Å²) in [6.07, 6.45) is 4.37. The Balaban J connectivity index is 1.37. The number of carbonyl (C=O) groups is 2. The van der Waals surface area contributed by atoms with Crippen molar-refractivity contribution in [3.05, 3.63) is 34.9 Å². The van der Waals surface area contributed by atoms with E-state index in [1.54, 1.807) is 0 Å². The molecule has 1 aliphatic carbocycles. The van der Waals surface area contributed by atoms with E-state index in [9.17, 15) is 9.59 Å². The molecule has 3 rings (SSSR count). The second-order valence-electron chi connectivity index (χ2n) is 6.20. The van der Waals surface area contributed by atoms with Crippen LogP contribution in [0.25, 0.3) is 0 Å². The highest BCUT2D eigenvalue weighted by Crippen LogP contribution is 2.32. The molecule has 1 atom stereocenters. The van der Waals surface area contributed by atoms with Crippen molar-refractivity contribution in [2.75, 3.05) is 13.1 Å². The van der Waals surface area contributed by atoms with Gasteiger partial charge in [-0.2, -0.15) is 0 Å². The van der Waals surface area contributed by atoms with Crippen LogP contribution in [0.3, 0.4) is 0 Å². The zero-order valence-electron chi connectivity index (χ0n) is 12.6. The standard InChI is InChI=1S/C17H21ClN2O2/c18-14-5-3-12(4-6-14)2-1-9-19-17(22)13-10-16(21)20(11-13)15-7-8-15/h3-6,13,15H,1-2,7-11H2,(H,19,22). The Morgan fingerprint density at radius 2 is 2.00 bits per heavy atom. The average molecular weight is 321 g/mol. The molecule has 118 valence electrons. The second kappa shape index (κ2) is 6.69. The number of benzene rings is 1. The number of nitrogens with zero attached hydrogens (tertiary/aromatic N) is 1. The van der Waals surface area contributed by atoms with Crippen LogP contribution < -0.4 is 5.32 Å². The molecule has 0 aromatic heterocycles. The van der Waals surface area contributed by atoms with Crippen molar-refractivity contribution in [2.24, 2.45) is 5.92 Å². The maximum absolute atomic E-state index is 12.1. The van der Waals surface area contributed by atoms with Crippen LogP contribution in [0.1, 0.15) is 31.2 Å². The van der Waals surface area contributed by atoms with Crippen LogP contribution in [-0.2, 0) is 16.0 Å². The van der Waals surface area contributed by atoms with Gasteiger partial charge in [-0.1, -0.05) is 23.7 Å². The number of amides is 2. The average Bonchev–Trinajstić information content (AvgIpc) is 3.28. The van der Waals surface area contributed by atoms with Crippen LogP contribution in [0.5, 0.6) is 0 Å². The highest BCUT2D eigenvalue weighted by Gasteiger charge is 2.41. The smallest absolute Gasteiger partial charge is 0.225 e. The summed E-state index contributed by atoms with van der Waals surface area (Å²) < 4.78 is 0. The first-order valence-electron chi connectivity index (χ1n) is 7.95. The Kier molecular flexibility index (Phi) is 4.67. The van der Waals surface area contributed by atoms with E-state index >= 15 is 0 Å². The zero-order valence-corrected chi connectivity index (χ0v) is 13.3. The molecule has 5 heteroatoms. The lowest BCUT2D eigenvalue weighted by Crippen LogP contribution is -2.34. The van der Waals surface area contributed by atoms with E-state index in [2.05, 4.69) is 5.32 Å². The Labute approximate surface area is 135 Å². The summed E-state index contributed by atoms with van der Waals surface area (Å²) in [5, 5.41) is 3.70. The van der Waals surface area contributed by atoms with Crippen molar-refractivity contribution in [3.8, 4) is 0 Å². The molecule has 1 N–H and O–H groups in total. The van der Waals surface area contributed by atoms with Gasteiger partial charge < -0.3 is 10.2 Å². The maximum atomic E-state index is 12.1. The Morgan fingerprint density at radius 3 is 2.68 bits per heavy atom. The predicted octanol–water partition coefficient (Wildman–Crippen LogP) is 2.40. The minimum Gasteiger partial charge on any atom is -0.356 e. The fourth-order valence-electron chi connectivity index (χ4n) is 2.95. The molecule has 0 radical (unpaired) electrons. The lowest BCUT2D eigenvalue weighted by atomic mass is 10.1. The summed E-state index contributed by atoms with van der Waals surface area (Å²) in [7, 11) is 0. The largest absolute Gasteiger partial charge is 0.356 e. The van der Waals surface area contributed by atoms with Gasteiger partial charge in [0.2, 0.25) is 11.8 Å². The van der Waals surface area contributed by atoms with Crippen molar-refractivity contribution < 1.29 is 9.59 Å². The van der Waals surface area contributed by atoms with Gasteiger partial charge >= 0.3 is 0 Å². The molecule has 1 heterocycles. The van der Waals surface area contributed by atoms with Crippen LogP contribution in [-0.4, -0.2) is 35.8 Å². The van der Waals surface area contributed by atoms with Crippen LogP contribution in [0.4, 0.5) is 0 Å². The molecule has 1 aromatic rings. The van der Waals surface area contributed by atoms with E-state index in [0.717, 1.165) is 30.7 Å². The summed E-state index contributed by atoms with van der Waals surface area (Å²) >= 11 is 5.85. The fourth-order valence-corrected chi connectivity index (χ4v) is 3.07. The van der Waals surface area contributed by atoms with E-state index in [1.165, 1.54) is 5.56 Å². The van der Waals surface area contributed by atoms with Crippen molar-refractivity contribution in [3.63, 3.8) is 0 Å². The molecule has 1 aromatic carbocycles. The third-order valence-electron chi connectivity index (χ3n) is 4.37. The van der Waals surface area contributed by atoms with Crippen molar-refractivity contribution in [1.29, 1.82) is 0 Å². The van der Waals surface area contributed by atoms with Crippen molar-refractivity contribution in [1.82, 2.24) is 10.2 Å². The SMILES string of the molecule is O=C(NCCCc1ccc(Cl)cc1)C1CC(=O)N(C2CC2)C1. The monoisotopic (exact) mass is 320 g/mol. The molecule has 22 heavy (non-hydrogen) atoms. The Hall–Kier alpha value is -1.55. The van der Waals surface area contributed by atoms with Crippen LogP contribution in [0.15, 0.2) is 24.3 Å². The van der Waals surface area contributed by atoms with Crippen molar-refractivity contribution in [2.45, 2.75) is 38.1 Å². The van der Waals surface area contributed by atoms with Gasteiger partial charge in [0, 0.05) is 30.6 Å². The van der Waals surface area contributed by atoms with Gasteiger partial charge in [-0.05, 0) is 43.4 Å². The normalized spacial score (nSPS) is 21.2. The maximum Gasteiger partial charge on any atom is 0.225 e. The molecule has 2 amide bonds. The molecule has 0 spiro atoms. The first-order valence-corrected chi connectivity index (χ1v) is 8.33. The minimum atomic E-state index is -0.163. The highest BCUT2D eigenvalue weighted by atomic mass is 35.5. The molecular weight excluding hydrogens is 300 g/mol. The van der Waals surface area contributed by atoms with E-state index in [0.29, 0.717) is 25.6 Å². The summed E-state index contributed by atoms with van der Waals surface area (Å²) in [4.78, 5) is 25.9. The van der Waals surface area contributed by atoms with Gasteiger partial charge in [0.15, 0.2) is 0 Å². The molecule has 4 nitrogen and oxygen atoms in total. The molecule has 2 fully saturated rings. The van der Waals surface area contributed by atoms with Crippen LogP contribution >= 0.6 is 11.6 Å². The number of carbonyl (C=O) groups excluding carboxylic acids is 2. The van der Waals surface area contributed by atoms with E-state index in [4.69, 9.17) is 11.6 Å². The topological polar surface area (TPSA) is 49.4 Å². The van der Waals surface area contributed by atoms with Crippen LogP contribution in [0.2, 0.25) is 5.02 Å². The predicted molar refractivity (Wildman–Crippen MR) is 85.6 cm³/mol. The number of likely N-dealkylation sites (tertiary alicyclic amines) is 1. The second-order valence-corrected chi connectivity index (χ2v) is 6.64. The molecule has 1 saturated heterocycles. The quantitative estimate of drug-likeness (QED) is 0.818. The van der Waals surface area contributed by atoms with Gasteiger partial charge in [-0.3, -0.25) is 9.59 Å². The van der Waals surface area contributed by atoms with Gasteiger partial charge in [0.05, 0.1) is 5.92 Å². The molecular formula is C17H21ClN2O2. The molecule has 1 saturated carbocycles. The lowest BCUT2D eigenvalue weighted by molar-refractivity contribution is -0.129. The summed E-state index contributed by atoms with van der Waals surface area (Å²) in [6, 6.07) is 8.19. The van der Waals surface area contributed by atoms with Gasteiger partial charge in [-0.15, -0.1) is 0 Å². The molecule has 0 bridgehead atoms. The van der Waals surface area contributed by atoms with Gasteiger partial charge in [0.1, 0.15) is 0 Å². The summed E-state index contributed by atoms with van der Waals surface area (Å²) in [6.45, 7) is 1.25. The van der Waals surface area contributed by atoms with E-state index in [1.807, 2.05) is 29.2 Å². The number of hydrogen-bond acceptors (Lipinski definition) is 2. The number of halogens is 1. The summed E-state index contributed by atoms with van der Waals surface area (Å²) in [5.74, 6) is 0.0000484. The Bertz CT molecular complexity index is 554. The lowest BCUT2D eigenvalue weighted by Gasteiger charge is -2.15. The van der Waals surface area contributed by atoms with Gasteiger partial charge in [-0.25, -0.2) is 0 Å². The minimum absolute atomic E-state index is 0.0209. The number of aryl methyl sites for hydroxylation is 1. The number of hydrogen-bond donors (Lipinski definition) is 1. The zero-order chi connectivity index (χ0) is 15.5. The number of rotatable bonds is 6. The Morgan fingerprint density at radius 1 is 1.27 bits per heavy atom. The first kappa shape index (κ1) is 15.3. The van der Waals surface area contributed by atoms with Gasteiger partial charge in [0.25, 0.3) is 0 Å². The molecule has 2 aliphatic rings. The third-order valence-corrected chi connectivity index (χ3v) is 4.62. The van der Waals surface area contributed by atoms with Crippen molar-refractivity contribution >= 4 is 23.4 Å².